The average Bonchev–Trinajstić information content (AvgIpc) is 3.44. The summed E-state index contributed by atoms with van der Waals surface area (Å²) in [6.07, 6.45) is 5.65. The maximum absolute atomic E-state index is 12.7. The SMILES string of the molecule is COc1cccc(-c2ccc3nc(C4CCN(C(=O)c5cccn5C)CC4)nn3c2)c1. The number of hydrogen-bond acceptors (Lipinski definition) is 4. The van der Waals surface area contributed by atoms with Crippen LogP contribution < -0.4 is 4.74 Å². The number of carbonyl (C=O) groups excluding carboxylic acids is 1. The van der Waals surface area contributed by atoms with Crippen molar-refractivity contribution in [1.82, 2.24) is 24.1 Å². The molecule has 0 saturated carbocycles. The third-order valence-corrected chi connectivity index (χ3v) is 6.06. The molecule has 1 amide bonds. The third kappa shape index (κ3) is 3.67. The van der Waals surface area contributed by atoms with E-state index >= 15 is 0 Å². The van der Waals surface area contributed by atoms with E-state index in [1.54, 1.807) is 7.11 Å². The van der Waals surface area contributed by atoms with Crippen molar-refractivity contribution in [2.45, 2.75) is 18.8 Å². The second-order valence-corrected chi connectivity index (χ2v) is 7.99. The molecule has 1 aromatic carbocycles. The second kappa shape index (κ2) is 7.91. The van der Waals surface area contributed by atoms with Crippen LogP contribution in [0.25, 0.3) is 16.8 Å². The summed E-state index contributed by atoms with van der Waals surface area (Å²) in [5.41, 5.74) is 3.70. The van der Waals surface area contributed by atoms with Crippen molar-refractivity contribution in [3.63, 3.8) is 0 Å². The fourth-order valence-corrected chi connectivity index (χ4v) is 4.23. The van der Waals surface area contributed by atoms with Crippen molar-refractivity contribution in [2.24, 2.45) is 7.05 Å². The zero-order chi connectivity index (χ0) is 21.4. The van der Waals surface area contributed by atoms with Gasteiger partial charge in [0, 0.05) is 44.0 Å². The Kier molecular flexibility index (Phi) is 4.94. The summed E-state index contributed by atoms with van der Waals surface area (Å²) in [6.45, 7) is 1.44. The Labute approximate surface area is 180 Å². The summed E-state index contributed by atoms with van der Waals surface area (Å²) >= 11 is 0. The van der Waals surface area contributed by atoms with E-state index in [2.05, 4.69) is 12.1 Å². The van der Waals surface area contributed by atoms with Gasteiger partial charge in [0.25, 0.3) is 5.91 Å². The number of aryl methyl sites for hydroxylation is 1. The Hall–Kier alpha value is -3.61. The standard InChI is InChI=1S/C24H25N5O2/c1-27-12-4-7-21(27)24(30)28-13-10-17(11-14-28)23-25-22-9-8-19(16-29(22)26-23)18-5-3-6-20(15-18)31-2/h3-9,12,15-17H,10-11,13-14H2,1-2H3. The monoisotopic (exact) mass is 415 g/mol. The van der Waals surface area contributed by atoms with Crippen LogP contribution in [0.15, 0.2) is 60.9 Å². The van der Waals surface area contributed by atoms with Crippen molar-refractivity contribution in [2.75, 3.05) is 20.2 Å². The molecule has 1 aliphatic heterocycles. The molecule has 158 valence electrons. The largest absolute Gasteiger partial charge is 0.497 e. The second-order valence-electron chi connectivity index (χ2n) is 7.99. The molecule has 4 aromatic rings. The number of fused-ring (bicyclic) bond motifs is 1. The summed E-state index contributed by atoms with van der Waals surface area (Å²) in [5.74, 6) is 2.04. The summed E-state index contributed by atoms with van der Waals surface area (Å²) < 4.78 is 9.06. The third-order valence-electron chi connectivity index (χ3n) is 6.06. The van der Waals surface area contributed by atoms with E-state index in [9.17, 15) is 4.79 Å². The minimum atomic E-state index is 0.0943. The van der Waals surface area contributed by atoms with E-state index in [0.717, 1.165) is 60.0 Å². The molecule has 0 N–H and O–H groups in total. The number of rotatable bonds is 4. The Morgan fingerprint density at radius 3 is 2.65 bits per heavy atom. The lowest BCUT2D eigenvalue weighted by atomic mass is 9.96. The highest BCUT2D eigenvalue weighted by atomic mass is 16.5. The first-order chi connectivity index (χ1) is 15.1. The van der Waals surface area contributed by atoms with Gasteiger partial charge in [0.2, 0.25) is 0 Å². The van der Waals surface area contributed by atoms with E-state index < -0.39 is 0 Å². The molecule has 0 bridgehead atoms. The number of nitrogens with zero attached hydrogens (tertiary/aromatic N) is 5. The number of amides is 1. The van der Waals surface area contributed by atoms with Crippen LogP contribution in [-0.4, -0.2) is 50.2 Å². The lowest BCUT2D eigenvalue weighted by molar-refractivity contribution is 0.0701. The van der Waals surface area contributed by atoms with Crippen molar-refractivity contribution in [3.05, 3.63) is 72.4 Å². The normalized spacial score (nSPS) is 14.8. The van der Waals surface area contributed by atoms with E-state index in [1.165, 1.54) is 0 Å². The van der Waals surface area contributed by atoms with Crippen molar-refractivity contribution >= 4 is 11.6 Å². The summed E-state index contributed by atoms with van der Waals surface area (Å²) in [7, 11) is 3.57. The van der Waals surface area contributed by atoms with Crippen LogP contribution in [-0.2, 0) is 7.05 Å². The van der Waals surface area contributed by atoms with E-state index in [4.69, 9.17) is 14.8 Å². The lowest BCUT2D eigenvalue weighted by Crippen LogP contribution is -2.38. The van der Waals surface area contributed by atoms with Gasteiger partial charge in [-0.2, -0.15) is 5.10 Å². The first-order valence-corrected chi connectivity index (χ1v) is 10.5. The number of hydrogen-bond donors (Lipinski definition) is 0. The Morgan fingerprint density at radius 1 is 1.06 bits per heavy atom. The Morgan fingerprint density at radius 2 is 1.90 bits per heavy atom. The maximum atomic E-state index is 12.7. The van der Waals surface area contributed by atoms with Gasteiger partial charge in [-0.1, -0.05) is 12.1 Å². The predicted molar refractivity (Wildman–Crippen MR) is 118 cm³/mol. The number of carbonyl (C=O) groups is 1. The van der Waals surface area contributed by atoms with Crippen LogP contribution in [0.2, 0.25) is 0 Å². The smallest absolute Gasteiger partial charge is 0.270 e. The minimum absolute atomic E-state index is 0.0943. The number of methoxy groups -OCH3 is 1. The van der Waals surface area contributed by atoms with Crippen molar-refractivity contribution in [1.29, 1.82) is 0 Å². The van der Waals surface area contributed by atoms with Crippen LogP contribution in [0.3, 0.4) is 0 Å². The van der Waals surface area contributed by atoms with E-state index in [0.29, 0.717) is 0 Å². The minimum Gasteiger partial charge on any atom is -0.497 e. The number of likely N-dealkylation sites (tertiary alicyclic amines) is 1. The van der Waals surface area contributed by atoms with E-state index in [1.807, 2.05) is 69.8 Å². The number of ether oxygens (including phenoxy) is 1. The molecular formula is C24H25N5O2. The van der Waals surface area contributed by atoms with Gasteiger partial charge in [0.1, 0.15) is 11.4 Å². The molecule has 0 unspecified atom stereocenters. The summed E-state index contributed by atoms with van der Waals surface area (Å²) in [5, 5.41) is 4.77. The van der Waals surface area contributed by atoms with Gasteiger partial charge >= 0.3 is 0 Å². The first kappa shape index (κ1) is 19.4. The van der Waals surface area contributed by atoms with Crippen LogP contribution >= 0.6 is 0 Å². The van der Waals surface area contributed by atoms with Crippen LogP contribution in [0.5, 0.6) is 5.75 Å². The molecule has 1 fully saturated rings. The maximum Gasteiger partial charge on any atom is 0.270 e. The molecule has 7 heteroatoms. The molecule has 1 aliphatic rings. The zero-order valence-electron chi connectivity index (χ0n) is 17.7. The van der Waals surface area contributed by atoms with E-state index in [-0.39, 0.29) is 11.8 Å². The fraction of sp³-hybridized carbons (Fsp3) is 0.292. The number of benzene rings is 1. The quantitative estimate of drug-likeness (QED) is 0.509. The molecular weight excluding hydrogens is 390 g/mol. The number of aromatic nitrogens is 4. The fourth-order valence-electron chi connectivity index (χ4n) is 4.23. The predicted octanol–water partition coefficient (Wildman–Crippen LogP) is 3.76. The molecule has 0 atom stereocenters. The van der Waals surface area contributed by atoms with Gasteiger partial charge in [-0.25, -0.2) is 9.50 Å². The zero-order valence-corrected chi connectivity index (χ0v) is 17.7. The molecule has 0 spiro atoms. The van der Waals surface area contributed by atoms with Crippen molar-refractivity contribution < 1.29 is 9.53 Å². The average molecular weight is 415 g/mol. The van der Waals surface area contributed by atoms with Crippen LogP contribution in [0.1, 0.15) is 35.1 Å². The highest BCUT2D eigenvalue weighted by Crippen LogP contribution is 2.28. The number of pyridine rings is 1. The highest BCUT2D eigenvalue weighted by Gasteiger charge is 2.27. The van der Waals surface area contributed by atoms with Gasteiger partial charge in [0.05, 0.1) is 7.11 Å². The Balaban J connectivity index is 1.32. The molecule has 0 aliphatic carbocycles. The summed E-state index contributed by atoms with van der Waals surface area (Å²) in [6, 6.07) is 15.8. The van der Waals surface area contributed by atoms with Gasteiger partial charge in [-0.15, -0.1) is 0 Å². The molecule has 0 radical (unpaired) electrons. The summed E-state index contributed by atoms with van der Waals surface area (Å²) in [4.78, 5) is 19.4. The molecule has 7 nitrogen and oxygen atoms in total. The van der Waals surface area contributed by atoms with Crippen LogP contribution in [0, 0.1) is 0 Å². The molecule has 4 heterocycles. The highest BCUT2D eigenvalue weighted by molar-refractivity contribution is 5.92. The Bertz CT molecular complexity index is 1230. The molecule has 1 saturated heterocycles. The number of piperidine rings is 1. The topological polar surface area (TPSA) is 64.7 Å². The van der Waals surface area contributed by atoms with Gasteiger partial charge < -0.3 is 14.2 Å². The molecule has 3 aromatic heterocycles. The van der Waals surface area contributed by atoms with Crippen LogP contribution in [0.4, 0.5) is 0 Å². The lowest BCUT2D eigenvalue weighted by Gasteiger charge is -2.30. The van der Waals surface area contributed by atoms with Gasteiger partial charge in [-0.05, 0) is 54.8 Å². The van der Waals surface area contributed by atoms with Crippen molar-refractivity contribution in [3.8, 4) is 16.9 Å². The molecule has 31 heavy (non-hydrogen) atoms. The first-order valence-electron chi connectivity index (χ1n) is 10.5. The molecule has 5 rings (SSSR count). The van der Waals surface area contributed by atoms with Gasteiger partial charge in [0.15, 0.2) is 11.5 Å². The van der Waals surface area contributed by atoms with Gasteiger partial charge in [-0.3, -0.25) is 4.79 Å².